The number of hydrogen-bond donors (Lipinski definition) is 1. The van der Waals surface area contributed by atoms with Gasteiger partial charge in [-0.3, -0.25) is 14.2 Å². The molecule has 0 radical (unpaired) electrons. The molecule has 0 bridgehead atoms. The Morgan fingerprint density at radius 3 is 2.31 bits per heavy atom. The van der Waals surface area contributed by atoms with E-state index in [1.807, 2.05) is 92.7 Å². The van der Waals surface area contributed by atoms with Crippen LogP contribution in [-0.2, 0) is 4.79 Å². The number of ether oxygens (including phenoxy) is 1. The smallest absolute Gasteiger partial charge is 0.273 e. The van der Waals surface area contributed by atoms with E-state index < -0.39 is 5.91 Å². The monoisotopic (exact) mass is 495 g/mol. The predicted octanol–water partition coefficient (Wildman–Crippen LogP) is 3.68. The molecule has 180 valence electrons. The van der Waals surface area contributed by atoms with Crippen LogP contribution in [0.2, 0.25) is 0 Å². The summed E-state index contributed by atoms with van der Waals surface area (Å²) in [5.41, 5.74) is 1.89. The number of aromatic nitrogens is 1. The number of hydrogen-bond acceptors (Lipinski definition) is 5. The summed E-state index contributed by atoms with van der Waals surface area (Å²) in [5.74, 6) is 0.208. The summed E-state index contributed by atoms with van der Waals surface area (Å²) < 4.78 is 7.61. The maximum Gasteiger partial charge on any atom is 0.273 e. The van der Waals surface area contributed by atoms with Crippen LogP contribution in [-0.4, -0.2) is 17.1 Å². The molecule has 7 heteroatoms. The van der Waals surface area contributed by atoms with Gasteiger partial charge in [0.25, 0.3) is 11.5 Å². The van der Waals surface area contributed by atoms with Crippen LogP contribution >= 0.6 is 11.3 Å². The van der Waals surface area contributed by atoms with Gasteiger partial charge in [-0.05, 0) is 55.3 Å². The lowest BCUT2D eigenvalue weighted by molar-refractivity contribution is -0.116. The first-order chi connectivity index (χ1) is 17.5. The highest BCUT2D eigenvalue weighted by Crippen LogP contribution is 2.14. The maximum atomic E-state index is 13.5. The molecule has 0 spiro atoms. The third-order valence-electron chi connectivity index (χ3n) is 5.53. The summed E-state index contributed by atoms with van der Waals surface area (Å²) in [5, 5.41) is 12.9. The number of carbonyl (C=O) groups is 1. The van der Waals surface area contributed by atoms with Crippen molar-refractivity contribution in [2.45, 2.75) is 19.9 Å². The predicted molar refractivity (Wildman–Crippen MR) is 142 cm³/mol. The zero-order chi connectivity index (χ0) is 25.5. The van der Waals surface area contributed by atoms with E-state index in [0.29, 0.717) is 16.8 Å². The van der Waals surface area contributed by atoms with E-state index in [2.05, 4.69) is 5.32 Å². The summed E-state index contributed by atoms with van der Waals surface area (Å²) in [7, 11) is 0. The molecule has 0 aliphatic heterocycles. The van der Waals surface area contributed by atoms with Crippen LogP contribution in [0.15, 0.2) is 89.7 Å². The zero-order valence-electron chi connectivity index (χ0n) is 20.0. The fraction of sp³-hybridized carbons (Fsp3) is 0.138. The Morgan fingerprint density at radius 2 is 1.69 bits per heavy atom. The van der Waals surface area contributed by atoms with Gasteiger partial charge in [0.05, 0.1) is 22.9 Å². The Kier molecular flexibility index (Phi) is 7.79. The van der Waals surface area contributed by atoms with Crippen molar-refractivity contribution in [3.05, 3.63) is 116 Å². The molecule has 1 amide bonds. The van der Waals surface area contributed by atoms with Crippen LogP contribution in [0.4, 0.5) is 0 Å². The van der Waals surface area contributed by atoms with Crippen molar-refractivity contribution in [2.75, 3.05) is 6.61 Å². The highest BCUT2D eigenvalue weighted by molar-refractivity contribution is 7.07. The first kappa shape index (κ1) is 24.7. The minimum atomic E-state index is -0.535. The standard InChI is InChI=1S/C29H25N3O3S/c1-3-35-24-16-14-21(15-17-24)18-26-28(34)32(23-12-8-5-9-13-23)29(36-26)25(19-30)27(33)31-20(2)22-10-6-4-7-11-22/h4-18,20H,3H2,1-2H3,(H,31,33)/b26-18+,29-25+. The largest absolute Gasteiger partial charge is 0.494 e. The Bertz CT molecular complexity index is 1570. The van der Waals surface area contributed by atoms with Gasteiger partial charge in [-0.25, -0.2) is 0 Å². The first-order valence-corrected chi connectivity index (χ1v) is 12.4. The molecule has 4 aromatic rings. The first-order valence-electron chi connectivity index (χ1n) is 11.5. The molecule has 1 atom stereocenters. The van der Waals surface area contributed by atoms with Crippen LogP contribution < -0.4 is 24.8 Å². The van der Waals surface area contributed by atoms with Crippen LogP contribution in [0.5, 0.6) is 5.75 Å². The molecule has 3 aromatic carbocycles. The molecule has 0 aliphatic rings. The van der Waals surface area contributed by atoms with E-state index in [9.17, 15) is 14.9 Å². The molecule has 0 saturated carbocycles. The molecular weight excluding hydrogens is 470 g/mol. The van der Waals surface area contributed by atoms with Crippen molar-refractivity contribution >= 4 is 28.9 Å². The SMILES string of the molecule is CCOc1ccc(/C=c2/s/c(=C(\C#N)C(=O)NC(C)c3ccccc3)n(-c3ccccc3)c2=O)cc1. The Hall–Kier alpha value is -4.41. The number of rotatable bonds is 7. The highest BCUT2D eigenvalue weighted by atomic mass is 32.1. The molecule has 1 N–H and O–H groups in total. The minimum absolute atomic E-state index is 0.116. The highest BCUT2D eigenvalue weighted by Gasteiger charge is 2.19. The lowest BCUT2D eigenvalue weighted by Crippen LogP contribution is -2.34. The zero-order valence-corrected chi connectivity index (χ0v) is 20.8. The van der Waals surface area contributed by atoms with Crippen LogP contribution in [0.1, 0.15) is 31.0 Å². The third-order valence-corrected chi connectivity index (χ3v) is 6.62. The molecule has 36 heavy (non-hydrogen) atoms. The lowest BCUT2D eigenvalue weighted by atomic mass is 10.1. The fourth-order valence-electron chi connectivity index (χ4n) is 3.73. The Morgan fingerprint density at radius 1 is 1.06 bits per heavy atom. The summed E-state index contributed by atoms with van der Waals surface area (Å²) >= 11 is 1.12. The average molecular weight is 496 g/mol. The summed E-state index contributed by atoms with van der Waals surface area (Å²) in [6.45, 7) is 4.34. The van der Waals surface area contributed by atoms with Gasteiger partial charge in [0.1, 0.15) is 16.5 Å². The van der Waals surface area contributed by atoms with Gasteiger partial charge in [-0.1, -0.05) is 60.7 Å². The van der Waals surface area contributed by atoms with Crippen LogP contribution in [0.3, 0.4) is 0 Å². The van der Waals surface area contributed by atoms with Crippen LogP contribution in [0.25, 0.3) is 17.3 Å². The second-order valence-corrected chi connectivity index (χ2v) is 9.02. The number of benzene rings is 3. The number of para-hydroxylation sites is 1. The van der Waals surface area contributed by atoms with Gasteiger partial charge in [0.15, 0.2) is 5.57 Å². The fourth-order valence-corrected chi connectivity index (χ4v) is 4.83. The van der Waals surface area contributed by atoms with E-state index in [1.165, 1.54) is 4.57 Å². The topological polar surface area (TPSA) is 84.1 Å². The number of nitrogens with one attached hydrogen (secondary N) is 1. The molecule has 1 unspecified atom stereocenters. The second kappa shape index (κ2) is 11.3. The van der Waals surface area contributed by atoms with Crippen LogP contribution in [0, 0.1) is 11.3 Å². The molecule has 0 aliphatic carbocycles. The van der Waals surface area contributed by atoms with Gasteiger partial charge in [0, 0.05) is 0 Å². The Labute approximate surface area is 213 Å². The van der Waals surface area contributed by atoms with Crippen molar-refractivity contribution in [3.63, 3.8) is 0 Å². The quantitative estimate of drug-likeness (QED) is 0.424. The number of amides is 1. The molecule has 0 fully saturated rings. The summed E-state index contributed by atoms with van der Waals surface area (Å²) in [6, 6.07) is 27.6. The average Bonchev–Trinajstić information content (AvgIpc) is 3.22. The lowest BCUT2D eigenvalue weighted by Gasteiger charge is -2.13. The van der Waals surface area contributed by atoms with E-state index in [1.54, 1.807) is 18.2 Å². The molecule has 4 rings (SSSR count). The van der Waals surface area contributed by atoms with Gasteiger partial charge in [-0.15, -0.1) is 11.3 Å². The maximum absolute atomic E-state index is 13.5. The normalized spacial score (nSPS) is 13.0. The molecule has 1 aromatic heterocycles. The number of carbonyl (C=O) groups excluding carboxylic acids is 1. The minimum Gasteiger partial charge on any atom is -0.494 e. The van der Waals surface area contributed by atoms with Gasteiger partial charge < -0.3 is 10.1 Å². The molecule has 1 heterocycles. The Balaban J connectivity index is 1.85. The van der Waals surface area contributed by atoms with E-state index in [-0.39, 0.29) is 21.8 Å². The number of thiazole rings is 1. The number of nitriles is 1. The molecule has 0 saturated heterocycles. The summed E-state index contributed by atoms with van der Waals surface area (Å²) in [6.07, 6.45) is 1.76. The second-order valence-electron chi connectivity index (χ2n) is 7.99. The van der Waals surface area contributed by atoms with E-state index in [4.69, 9.17) is 4.74 Å². The molecule has 6 nitrogen and oxygen atoms in total. The third kappa shape index (κ3) is 5.45. The van der Waals surface area contributed by atoms with Gasteiger partial charge in [-0.2, -0.15) is 5.26 Å². The van der Waals surface area contributed by atoms with Crippen molar-refractivity contribution in [2.24, 2.45) is 0 Å². The summed E-state index contributed by atoms with van der Waals surface area (Å²) in [4.78, 5) is 26.7. The van der Waals surface area contributed by atoms with Crippen molar-refractivity contribution < 1.29 is 9.53 Å². The van der Waals surface area contributed by atoms with Crippen molar-refractivity contribution in [1.82, 2.24) is 9.88 Å². The molecular formula is C29H25N3O3S. The van der Waals surface area contributed by atoms with Crippen molar-refractivity contribution in [1.29, 1.82) is 5.26 Å². The number of nitrogens with zero attached hydrogens (tertiary/aromatic N) is 2. The van der Waals surface area contributed by atoms with E-state index >= 15 is 0 Å². The van der Waals surface area contributed by atoms with Gasteiger partial charge >= 0.3 is 0 Å². The van der Waals surface area contributed by atoms with Gasteiger partial charge in [0.2, 0.25) is 0 Å². The van der Waals surface area contributed by atoms with E-state index in [0.717, 1.165) is 28.2 Å². The van der Waals surface area contributed by atoms with Crippen molar-refractivity contribution in [3.8, 4) is 17.5 Å².